The van der Waals surface area contributed by atoms with Gasteiger partial charge in [-0.3, -0.25) is 0 Å². The first kappa shape index (κ1) is 47.4. The van der Waals surface area contributed by atoms with E-state index >= 15 is 0 Å². The van der Waals surface area contributed by atoms with Gasteiger partial charge in [-0.2, -0.15) is 0 Å². The van der Waals surface area contributed by atoms with E-state index in [4.69, 9.17) is 0 Å². The lowest BCUT2D eigenvalue weighted by molar-refractivity contribution is 0.490. The van der Waals surface area contributed by atoms with Crippen molar-refractivity contribution in [1.29, 1.82) is 0 Å². The van der Waals surface area contributed by atoms with Crippen molar-refractivity contribution in [3.05, 3.63) is 227 Å². The molecule has 13 rings (SSSR count). The molecule has 0 aromatic heterocycles. The highest BCUT2D eigenvalue weighted by molar-refractivity contribution is 5.93. The number of fused-ring (bicyclic) bond motifs is 11. The first-order valence-corrected chi connectivity index (χ1v) is 28.3. The van der Waals surface area contributed by atoms with Crippen LogP contribution in [0.5, 0.6) is 0 Å². The topological polar surface area (TPSA) is 0 Å². The van der Waals surface area contributed by atoms with Gasteiger partial charge in [-0.1, -0.05) is 202 Å². The monoisotopic (exact) mass is 971 g/mol. The van der Waals surface area contributed by atoms with Crippen LogP contribution in [0.1, 0.15) is 140 Å². The standard InChI is InChI=1S/C75H70/c1-10-73(11-2)66-41-53(49-21-20-47-18-16-17-19-48(47)38-49)25-32-60(66)62-34-27-55(43-68(62)73)57-29-36-64-65-37-30-58(46-71(65)75(14-5,15-6)70(64)45-57)56-28-35-63-61-33-26-54(42-67(61)74(12-3,13-4)69(63)44-56)50-22-23-52-40-59(72(7,8)9)31-24-51(52)39-50/h16-46H,10-15H2,1-9H3. The first-order valence-electron chi connectivity index (χ1n) is 28.3. The van der Waals surface area contributed by atoms with Gasteiger partial charge < -0.3 is 0 Å². The van der Waals surface area contributed by atoms with Gasteiger partial charge in [-0.25, -0.2) is 0 Å². The molecule has 0 heterocycles. The summed E-state index contributed by atoms with van der Waals surface area (Å²) in [5, 5.41) is 5.18. The molecule has 0 heteroatoms. The average Bonchev–Trinajstić information content (AvgIpc) is 4.17. The molecule has 0 saturated heterocycles. The van der Waals surface area contributed by atoms with E-state index in [0.717, 1.165) is 38.5 Å². The van der Waals surface area contributed by atoms with Crippen molar-refractivity contribution >= 4 is 21.5 Å². The molecule has 0 spiro atoms. The third-order valence-electron chi connectivity index (χ3n) is 19.5. The van der Waals surface area contributed by atoms with Crippen LogP contribution in [0.3, 0.4) is 0 Å². The highest BCUT2D eigenvalue weighted by atomic mass is 14.5. The summed E-state index contributed by atoms with van der Waals surface area (Å²) in [6, 6.07) is 73.8. The molecule has 370 valence electrons. The second kappa shape index (κ2) is 17.4. The van der Waals surface area contributed by atoms with E-state index < -0.39 is 0 Å². The Kier molecular flexibility index (Phi) is 11.0. The van der Waals surface area contributed by atoms with E-state index in [1.165, 1.54) is 138 Å². The average molecular weight is 971 g/mol. The summed E-state index contributed by atoms with van der Waals surface area (Å²) in [4.78, 5) is 0. The molecule has 0 unspecified atom stereocenters. The number of benzene rings is 10. The normalized spacial score (nSPS) is 15.1. The molecule has 3 aliphatic carbocycles. The Balaban J connectivity index is 0.830. The highest BCUT2D eigenvalue weighted by Gasteiger charge is 2.44. The maximum absolute atomic E-state index is 2.57. The largest absolute Gasteiger partial charge is 0.0642 e. The van der Waals surface area contributed by atoms with Gasteiger partial charge in [0.2, 0.25) is 0 Å². The molecule has 0 N–H and O–H groups in total. The van der Waals surface area contributed by atoms with Gasteiger partial charge in [0, 0.05) is 16.2 Å². The molecule has 0 fully saturated rings. The Bertz CT molecular complexity index is 3950. The minimum Gasteiger partial charge on any atom is -0.0642 e. The quantitative estimate of drug-likeness (QED) is 0.128. The van der Waals surface area contributed by atoms with Gasteiger partial charge in [0.25, 0.3) is 0 Å². The molecule has 0 saturated carbocycles. The summed E-state index contributed by atoms with van der Waals surface area (Å²) in [5.74, 6) is 0. The molecule has 0 aliphatic heterocycles. The summed E-state index contributed by atoms with van der Waals surface area (Å²) in [5.41, 5.74) is 29.0. The maximum Gasteiger partial charge on any atom is 0.0210 e. The molecule has 0 amide bonds. The zero-order chi connectivity index (χ0) is 51.6. The summed E-state index contributed by atoms with van der Waals surface area (Å²) >= 11 is 0. The van der Waals surface area contributed by atoms with Crippen LogP contribution in [0.15, 0.2) is 188 Å². The summed E-state index contributed by atoms with van der Waals surface area (Å²) in [6.45, 7) is 21.3. The fourth-order valence-corrected chi connectivity index (χ4v) is 14.9. The molecular formula is C75H70. The van der Waals surface area contributed by atoms with E-state index in [-0.39, 0.29) is 21.7 Å². The van der Waals surface area contributed by atoms with Crippen LogP contribution in [0.4, 0.5) is 0 Å². The fourth-order valence-electron chi connectivity index (χ4n) is 14.9. The van der Waals surface area contributed by atoms with Crippen LogP contribution in [0.2, 0.25) is 0 Å². The fraction of sp³-hybridized carbons (Fsp3) is 0.253. The van der Waals surface area contributed by atoms with Crippen LogP contribution in [-0.4, -0.2) is 0 Å². The number of hydrogen-bond acceptors (Lipinski definition) is 0. The highest BCUT2D eigenvalue weighted by Crippen LogP contribution is 2.58. The van der Waals surface area contributed by atoms with Crippen LogP contribution < -0.4 is 0 Å². The molecule has 0 radical (unpaired) electrons. The van der Waals surface area contributed by atoms with Gasteiger partial charge in [0.05, 0.1) is 0 Å². The van der Waals surface area contributed by atoms with Crippen molar-refractivity contribution in [2.75, 3.05) is 0 Å². The predicted octanol–water partition coefficient (Wildman–Crippen LogP) is 21.2. The Morgan fingerprint density at radius 2 is 0.493 bits per heavy atom. The smallest absolute Gasteiger partial charge is 0.0210 e. The van der Waals surface area contributed by atoms with Crippen LogP contribution in [0.25, 0.3) is 99.4 Å². The second-order valence-electron chi connectivity index (χ2n) is 23.5. The van der Waals surface area contributed by atoms with E-state index in [1.807, 2.05) is 0 Å². The van der Waals surface area contributed by atoms with E-state index in [0.29, 0.717) is 0 Å². The minimum absolute atomic E-state index is 0.0418. The van der Waals surface area contributed by atoms with E-state index in [1.54, 1.807) is 0 Å². The van der Waals surface area contributed by atoms with E-state index in [2.05, 4.69) is 250 Å². The Hall–Kier alpha value is -7.28. The number of rotatable bonds is 10. The predicted molar refractivity (Wildman–Crippen MR) is 322 cm³/mol. The zero-order valence-corrected chi connectivity index (χ0v) is 45.6. The lowest BCUT2D eigenvalue weighted by Gasteiger charge is -2.31. The molecule has 3 aliphatic rings. The number of hydrogen-bond donors (Lipinski definition) is 0. The molecule has 10 aromatic rings. The van der Waals surface area contributed by atoms with Gasteiger partial charge >= 0.3 is 0 Å². The minimum atomic E-state index is -0.0724. The molecule has 0 atom stereocenters. The van der Waals surface area contributed by atoms with Crippen molar-refractivity contribution in [2.45, 2.75) is 122 Å². The second-order valence-corrected chi connectivity index (χ2v) is 23.5. The molecule has 0 bridgehead atoms. The van der Waals surface area contributed by atoms with Crippen molar-refractivity contribution in [3.63, 3.8) is 0 Å². The van der Waals surface area contributed by atoms with Crippen molar-refractivity contribution in [3.8, 4) is 77.9 Å². The van der Waals surface area contributed by atoms with Crippen LogP contribution >= 0.6 is 0 Å². The zero-order valence-electron chi connectivity index (χ0n) is 45.6. The van der Waals surface area contributed by atoms with Gasteiger partial charge in [0.15, 0.2) is 0 Å². The third kappa shape index (κ3) is 6.94. The van der Waals surface area contributed by atoms with Crippen molar-refractivity contribution < 1.29 is 0 Å². The van der Waals surface area contributed by atoms with Crippen LogP contribution in [0, 0.1) is 0 Å². The van der Waals surface area contributed by atoms with E-state index in [9.17, 15) is 0 Å². The van der Waals surface area contributed by atoms with Gasteiger partial charge in [-0.05, 0) is 231 Å². The Morgan fingerprint density at radius 1 is 0.253 bits per heavy atom. The Morgan fingerprint density at radius 3 is 0.800 bits per heavy atom. The maximum atomic E-state index is 2.57. The summed E-state index contributed by atoms with van der Waals surface area (Å²) in [6.07, 6.45) is 6.34. The van der Waals surface area contributed by atoms with Crippen molar-refractivity contribution in [2.24, 2.45) is 0 Å². The lowest BCUT2D eigenvalue weighted by Crippen LogP contribution is -2.23. The summed E-state index contributed by atoms with van der Waals surface area (Å²) in [7, 11) is 0. The molecular weight excluding hydrogens is 901 g/mol. The third-order valence-corrected chi connectivity index (χ3v) is 19.5. The lowest BCUT2D eigenvalue weighted by atomic mass is 9.72. The summed E-state index contributed by atoms with van der Waals surface area (Å²) < 4.78 is 0. The Labute approximate surface area is 446 Å². The van der Waals surface area contributed by atoms with Crippen LogP contribution in [-0.2, 0) is 21.7 Å². The molecule has 10 aromatic carbocycles. The van der Waals surface area contributed by atoms with Gasteiger partial charge in [-0.15, -0.1) is 0 Å². The van der Waals surface area contributed by atoms with Gasteiger partial charge in [0.1, 0.15) is 0 Å². The molecule has 75 heavy (non-hydrogen) atoms. The van der Waals surface area contributed by atoms with Crippen molar-refractivity contribution in [1.82, 2.24) is 0 Å². The SMILES string of the molecule is CCC1(CC)c2cc(-c3ccc4c(c3)C(CC)(CC)c3cc(-c5ccc6ccccc6c5)ccc3-4)ccc2-c2ccc(-c3ccc4c(c3)C(CC)(CC)c3cc(-c5ccc6cc(C(C)(C)C)ccc6c5)ccc3-4)cc21. The molecule has 0 nitrogen and oxygen atoms in total. The first-order chi connectivity index (χ1) is 36.4.